The van der Waals surface area contributed by atoms with E-state index in [4.69, 9.17) is 5.26 Å². The van der Waals surface area contributed by atoms with Crippen LogP contribution in [-0.2, 0) is 11.2 Å². The summed E-state index contributed by atoms with van der Waals surface area (Å²) in [6.45, 7) is 4.31. The van der Waals surface area contributed by atoms with Gasteiger partial charge in [-0.3, -0.25) is 4.79 Å². The molecule has 3 aromatic rings. The van der Waals surface area contributed by atoms with Crippen LogP contribution in [0.4, 0.5) is 10.1 Å². The van der Waals surface area contributed by atoms with Crippen LogP contribution >= 0.6 is 0 Å². The molecule has 1 saturated heterocycles. The van der Waals surface area contributed by atoms with E-state index in [1.165, 1.54) is 17.8 Å². The number of aromatic nitrogens is 3. The van der Waals surface area contributed by atoms with E-state index in [9.17, 15) is 9.18 Å². The van der Waals surface area contributed by atoms with Gasteiger partial charge in [-0.2, -0.15) is 10.4 Å². The third-order valence-corrected chi connectivity index (χ3v) is 5.27. The molecular formula is C23H27FN6O. The van der Waals surface area contributed by atoms with Crippen LogP contribution in [0.1, 0.15) is 37.4 Å². The highest BCUT2D eigenvalue weighted by Crippen LogP contribution is 2.18. The van der Waals surface area contributed by atoms with E-state index in [1.807, 2.05) is 39.6 Å². The quantitative estimate of drug-likeness (QED) is 0.608. The first-order valence-corrected chi connectivity index (χ1v) is 10.5. The molecule has 4 rings (SSSR count). The van der Waals surface area contributed by atoms with Crippen LogP contribution in [0.2, 0.25) is 0 Å². The van der Waals surface area contributed by atoms with Gasteiger partial charge < -0.3 is 9.80 Å². The Bertz CT molecular complexity index is 1070. The summed E-state index contributed by atoms with van der Waals surface area (Å²) in [5.41, 5.74) is 2.99. The number of likely N-dealkylation sites (N-methyl/N-ethyl adjacent to an activating group) is 1. The van der Waals surface area contributed by atoms with Crippen LogP contribution in [0.25, 0.3) is 5.65 Å². The second kappa shape index (κ2) is 10.5. The van der Waals surface area contributed by atoms with Crippen LogP contribution in [0.3, 0.4) is 0 Å². The fraction of sp³-hybridized carbons (Fsp3) is 0.391. The fourth-order valence-electron chi connectivity index (χ4n) is 3.52. The summed E-state index contributed by atoms with van der Waals surface area (Å²) < 4.78 is 15.1. The number of aryl methyl sites for hydroxylation is 1. The van der Waals surface area contributed by atoms with Crippen molar-refractivity contribution in [1.82, 2.24) is 19.5 Å². The van der Waals surface area contributed by atoms with Gasteiger partial charge >= 0.3 is 0 Å². The van der Waals surface area contributed by atoms with Gasteiger partial charge in [-0.15, -0.1) is 0 Å². The Morgan fingerprint density at radius 3 is 2.84 bits per heavy atom. The third-order valence-electron chi connectivity index (χ3n) is 5.27. The standard InChI is InChI=1S/C14H16FN3O.C9H11N3/c1-17(7-8-18-6-2-3-14(18)19)12-4-5-13(15)11(9-12)10-16;1-2-4-8-5-3-6-9-10-7-11-12(8)9/h4-5,9H,2-3,6-8H2,1H3;3,5-7H,2,4H2,1H3. The molecule has 0 radical (unpaired) electrons. The fourth-order valence-corrected chi connectivity index (χ4v) is 3.52. The maximum Gasteiger partial charge on any atom is 0.222 e. The lowest BCUT2D eigenvalue weighted by Gasteiger charge is -2.23. The molecule has 0 bridgehead atoms. The number of fused-ring (bicyclic) bond motifs is 1. The van der Waals surface area contributed by atoms with E-state index in [0.717, 1.165) is 37.1 Å². The number of amides is 1. The Labute approximate surface area is 181 Å². The number of nitriles is 1. The number of hydrogen-bond donors (Lipinski definition) is 0. The van der Waals surface area contributed by atoms with Gasteiger partial charge in [0.25, 0.3) is 0 Å². The van der Waals surface area contributed by atoms with Gasteiger partial charge in [0.2, 0.25) is 5.91 Å². The minimum absolute atomic E-state index is 0.0431. The number of carbonyl (C=O) groups excluding carboxylic acids is 1. The van der Waals surface area contributed by atoms with E-state index in [1.54, 1.807) is 12.4 Å². The second-order valence-electron chi connectivity index (χ2n) is 7.48. The van der Waals surface area contributed by atoms with Crippen molar-refractivity contribution in [3.8, 4) is 6.07 Å². The van der Waals surface area contributed by atoms with Crippen molar-refractivity contribution in [3.05, 3.63) is 59.8 Å². The number of benzene rings is 1. The SMILES string of the molecule is CCCc1cccc2ncnn12.CN(CCN1CCCC1=O)c1ccc(F)c(C#N)c1. The van der Waals surface area contributed by atoms with E-state index in [0.29, 0.717) is 19.5 Å². The first kappa shape index (κ1) is 22.2. The van der Waals surface area contributed by atoms with Crippen LogP contribution in [0, 0.1) is 17.1 Å². The molecule has 0 atom stereocenters. The molecule has 2 aromatic heterocycles. The average Bonchev–Trinajstić information content (AvgIpc) is 3.42. The first-order chi connectivity index (χ1) is 15.0. The van der Waals surface area contributed by atoms with E-state index < -0.39 is 5.82 Å². The zero-order chi connectivity index (χ0) is 22.2. The maximum atomic E-state index is 13.2. The Morgan fingerprint density at radius 1 is 1.29 bits per heavy atom. The Kier molecular flexibility index (Phi) is 7.55. The molecule has 0 N–H and O–H groups in total. The molecule has 1 aromatic carbocycles. The normalized spacial score (nSPS) is 13.1. The molecule has 1 fully saturated rings. The Balaban J connectivity index is 0.000000194. The number of pyridine rings is 1. The van der Waals surface area contributed by atoms with Crippen molar-refractivity contribution in [2.24, 2.45) is 0 Å². The average molecular weight is 423 g/mol. The van der Waals surface area contributed by atoms with Crippen molar-refractivity contribution in [2.45, 2.75) is 32.6 Å². The zero-order valence-electron chi connectivity index (χ0n) is 18.0. The molecule has 31 heavy (non-hydrogen) atoms. The summed E-state index contributed by atoms with van der Waals surface area (Å²) in [6.07, 6.45) is 5.35. The molecule has 0 aliphatic carbocycles. The van der Waals surface area contributed by atoms with Crippen molar-refractivity contribution in [3.63, 3.8) is 0 Å². The minimum atomic E-state index is -0.505. The van der Waals surface area contributed by atoms with Gasteiger partial charge in [-0.05, 0) is 43.2 Å². The number of hydrogen-bond acceptors (Lipinski definition) is 5. The number of rotatable bonds is 6. The number of carbonyl (C=O) groups is 1. The summed E-state index contributed by atoms with van der Waals surface area (Å²) in [5, 5.41) is 12.9. The molecule has 3 heterocycles. The highest BCUT2D eigenvalue weighted by molar-refractivity contribution is 5.78. The van der Waals surface area contributed by atoms with Gasteiger partial charge in [-0.25, -0.2) is 13.9 Å². The van der Waals surface area contributed by atoms with Crippen LogP contribution < -0.4 is 4.90 Å². The van der Waals surface area contributed by atoms with Gasteiger partial charge in [0.15, 0.2) is 5.65 Å². The van der Waals surface area contributed by atoms with Crippen molar-refractivity contribution in [2.75, 3.05) is 31.6 Å². The molecule has 0 saturated carbocycles. The molecule has 1 aliphatic heterocycles. The summed E-state index contributed by atoms with van der Waals surface area (Å²) in [6, 6.07) is 12.4. The maximum absolute atomic E-state index is 13.2. The lowest BCUT2D eigenvalue weighted by atomic mass is 10.2. The highest BCUT2D eigenvalue weighted by Gasteiger charge is 2.20. The second-order valence-corrected chi connectivity index (χ2v) is 7.48. The smallest absolute Gasteiger partial charge is 0.222 e. The van der Waals surface area contributed by atoms with Crippen LogP contribution in [0.15, 0.2) is 42.7 Å². The highest BCUT2D eigenvalue weighted by atomic mass is 19.1. The molecule has 8 heteroatoms. The summed E-state index contributed by atoms with van der Waals surface area (Å²) in [7, 11) is 1.87. The molecule has 7 nitrogen and oxygen atoms in total. The molecule has 162 valence electrons. The van der Waals surface area contributed by atoms with Crippen molar-refractivity contribution >= 4 is 17.2 Å². The van der Waals surface area contributed by atoms with Crippen LogP contribution in [-0.4, -0.2) is 52.1 Å². The number of nitrogens with zero attached hydrogens (tertiary/aromatic N) is 6. The van der Waals surface area contributed by atoms with E-state index in [-0.39, 0.29) is 11.5 Å². The summed E-state index contributed by atoms with van der Waals surface area (Å²) in [5.74, 6) is -0.306. The minimum Gasteiger partial charge on any atom is -0.373 e. The van der Waals surface area contributed by atoms with Crippen molar-refractivity contribution < 1.29 is 9.18 Å². The van der Waals surface area contributed by atoms with Gasteiger partial charge in [0.1, 0.15) is 18.2 Å². The van der Waals surface area contributed by atoms with E-state index in [2.05, 4.69) is 23.1 Å². The zero-order valence-corrected chi connectivity index (χ0v) is 18.0. The molecule has 0 spiro atoms. The monoisotopic (exact) mass is 422 g/mol. The molecular weight excluding hydrogens is 395 g/mol. The first-order valence-electron chi connectivity index (χ1n) is 10.5. The predicted octanol–water partition coefficient (Wildman–Crippen LogP) is 3.44. The lowest BCUT2D eigenvalue weighted by molar-refractivity contribution is -0.127. The number of anilines is 1. The topological polar surface area (TPSA) is 77.5 Å². The number of halogens is 1. The van der Waals surface area contributed by atoms with Gasteiger partial charge in [0, 0.05) is 44.5 Å². The van der Waals surface area contributed by atoms with E-state index >= 15 is 0 Å². The summed E-state index contributed by atoms with van der Waals surface area (Å²) in [4.78, 5) is 19.4. The van der Waals surface area contributed by atoms with Gasteiger partial charge in [-0.1, -0.05) is 19.4 Å². The number of likely N-dealkylation sites (tertiary alicyclic amines) is 1. The van der Waals surface area contributed by atoms with Gasteiger partial charge in [0.05, 0.1) is 5.56 Å². The third kappa shape index (κ3) is 5.57. The molecule has 1 amide bonds. The lowest BCUT2D eigenvalue weighted by Crippen LogP contribution is -2.34. The summed E-state index contributed by atoms with van der Waals surface area (Å²) >= 11 is 0. The van der Waals surface area contributed by atoms with Crippen molar-refractivity contribution in [1.29, 1.82) is 5.26 Å². The molecule has 0 unspecified atom stereocenters. The largest absolute Gasteiger partial charge is 0.373 e. The predicted molar refractivity (Wildman–Crippen MR) is 117 cm³/mol. The van der Waals surface area contributed by atoms with Crippen LogP contribution in [0.5, 0.6) is 0 Å². The molecule has 1 aliphatic rings. The Morgan fingerprint density at radius 2 is 2.13 bits per heavy atom. The Hall–Kier alpha value is -3.47.